The van der Waals surface area contributed by atoms with Crippen molar-refractivity contribution < 1.29 is 4.79 Å². The van der Waals surface area contributed by atoms with Crippen LogP contribution in [0.25, 0.3) is 10.8 Å². The van der Waals surface area contributed by atoms with E-state index in [1.54, 1.807) is 12.4 Å². The summed E-state index contributed by atoms with van der Waals surface area (Å²) in [7, 11) is 0. The summed E-state index contributed by atoms with van der Waals surface area (Å²) in [5.41, 5.74) is 3.16. The summed E-state index contributed by atoms with van der Waals surface area (Å²) in [6.45, 7) is 2.07. The molecule has 0 saturated heterocycles. The lowest BCUT2D eigenvalue weighted by molar-refractivity contribution is 0.0984. The molecule has 0 aliphatic carbocycles. The smallest absolute Gasteiger partial charge is 0.165 e. The molecule has 3 rings (SSSR count). The van der Waals surface area contributed by atoms with Crippen molar-refractivity contribution in [1.29, 1.82) is 0 Å². The van der Waals surface area contributed by atoms with E-state index in [2.05, 4.69) is 36.2 Å². The van der Waals surface area contributed by atoms with E-state index in [1.165, 1.54) is 11.1 Å². The first-order valence-electron chi connectivity index (χ1n) is 7.15. The number of carbonyl (C=O) groups excluding carboxylic acids is 1. The lowest BCUT2D eigenvalue weighted by atomic mass is 9.99. The maximum atomic E-state index is 12.5. The quantitative estimate of drug-likeness (QED) is 0.662. The van der Waals surface area contributed by atoms with Crippen molar-refractivity contribution in [3.8, 4) is 0 Å². The summed E-state index contributed by atoms with van der Waals surface area (Å²) >= 11 is 0. The van der Waals surface area contributed by atoms with Gasteiger partial charge in [-0.05, 0) is 24.3 Å². The molecular formula is C19H17NO. The van der Waals surface area contributed by atoms with Crippen LogP contribution in [0.15, 0.2) is 60.9 Å². The molecule has 0 saturated carbocycles. The van der Waals surface area contributed by atoms with E-state index in [0.29, 0.717) is 6.42 Å². The molecule has 2 nitrogen and oxygen atoms in total. The molecule has 2 heteroatoms. The molecule has 0 spiro atoms. The number of carbonyl (C=O) groups is 1. The molecular weight excluding hydrogens is 258 g/mol. The molecule has 104 valence electrons. The third-order valence-electron chi connectivity index (χ3n) is 3.73. The van der Waals surface area contributed by atoms with E-state index < -0.39 is 0 Å². The van der Waals surface area contributed by atoms with Crippen LogP contribution in [0.2, 0.25) is 0 Å². The minimum Gasteiger partial charge on any atom is -0.294 e. The topological polar surface area (TPSA) is 30.0 Å². The van der Waals surface area contributed by atoms with E-state index in [1.807, 2.05) is 24.3 Å². The number of hydrogen-bond acceptors (Lipinski definition) is 2. The second kappa shape index (κ2) is 5.88. The van der Waals surface area contributed by atoms with Crippen LogP contribution in [0.1, 0.15) is 27.9 Å². The van der Waals surface area contributed by atoms with Gasteiger partial charge in [-0.25, -0.2) is 0 Å². The van der Waals surface area contributed by atoms with Crippen molar-refractivity contribution in [2.75, 3.05) is 0 Å². The van der Waals surface area contributed by atoms with Gasteiger partial charge in [0.05, 0.1) is 0 Å². The van der Waals surface area contributed by atoms with Crippen LogP contribution >= 0.6 is 0 Å². The molecule has 0 radical (unpaired) electrons. The first kappa shape index (κ1) is 13.5. The third kappa shape index (κ3) is 3.00. The molecule has 1 aromatic heterocycles. The van der Waals surface area contributed by atoms with E-state index in [4.69, 9.17) is 0 Å². The molecule has 2 aromatic carbocycles. The van der Waals surface area contributed by atoms with Gasteiger partial charge in [0, 0.05) is 29.8 Å². The largest absolute Gasteiger partial charge is 0.294 e. The molecule has 1 heterocycles. The van der Waals surface area contributed by atoms with Gasteiger partial charge in [-0.15, -0.1) is 0 Å². The highest BCUT2D eigenvalue weighted by molar-refractivity contribution is 6.07. The molecule has 0 fully saturated rings. The van der Waals surface area contributed by atoms with Gasteiger partial charge in [0.2, 0.25) is 0 Å². The lowest BCUT2D eigenvalue weighted by Gasteiger charge is -2.05. The second-order valence-electron chi connectivity index (χ2n) is 5.32. The molecule has 3 aromatic rings. The standard InChI is InChI=1S/C19H17NO/c1-14-6-8-15(9-7-14)10-11-19(21)18-13-20-12-16-4-2-3-5-17(16)18/h2-9,12-13H,10-11H2,1H3. The number of Topliss-reactive ketones (excluding diaryl/α,β-unsaturated/α-hetero) is 1. The second-order valence-corrected chi connectivity index (χ2v) is 5.32. The van der Waals surface area contributed by atoms with E-state index in [-0.39, 0.29) is 5.78 Å². The Balaban J connectivity index is 1.79. The van der Waals surface area contributed by atoms with Crippen molar-refractivity contribution in [3.05, 3.63) is 77.6 Å². The number of aromatic nitrogens is 1. The zero-order valence-corrected chi connectivity index (χ0v) is 12.0. The number of benzene rings is 2. The zero-order valence-electron chi connectivity index (χ0n) is 12.0. The Kier molecular flexibility index (Phi) is 3.78. The minimum absolute atomic E-state index is 0.153. The van der Waals surface area contributed by atoms with Crippen LogP contribution in [-0.4, -0.2) is 10.8 Å². The van der Waals surface area contributed by atoms with Gasteiger partial charge in [0.25, 0.3) is 0 Å². The summed E-state index contributed by atoms with van der Waals surface area (Å²) in [5, 5.41) is 2.00. The molecule has 0 aliphatic rings. The maximum absolute atomic E-state index is 12.5. The Morgan fingerprint density at radius 1 is 1.00 bits per heavy atom. The summed E-state index contributed by atoms with van der Waals surface area (Å²) in [4.78, 5) is 16.6. The maximum Gasteiger partial charge on any atom is 0.165 e. The van der Waals surface area contributed by atoms with E-state index in [9.17, 15) is 4.79 Å². The fraction of sp³-hybridized carbons (Fsp3) is 0.158. The summed E-state index contributed by atoms with van der Waals surface area (Å²) in [6.07, 6.45) is 4.76. The number of fused-ring (bicyclic) bond motifs is 1. The van der Waals surface area contributed by atoms with E-state index >= 15 is 0 Å². The molecule has 0 unspecified atom stereocenters. The van der Waals surface area contributed by atoms with Gasteiger partial charge in [-0.1, -0.05) is 54.1 Å². The predicted octanol–water partition coefficient (Wildman–Crippen LogP) is 4.36. The summed E-state index contributed by atoms with van der Waals surface area (Å²) in [6, 6.07) is 16.2. The van der Waals surface area contributed by atoms with Crippen molar-refractivity contribution in [3.63, 3.8) is 0 Å². The minimum atomic E-state index is 0.153. The number of hydrogen-bond donors (Lipinski definition) is 0. The average Bonchev–Trinajstić information content (AvgIpc) is 2.53. The van der Waals surface area contributed by atoms with Gasteiger partial charge in [0.1, 0.15) is 0 Å². The summed E-state index contributed by atoms with van der Waals surface area (Å²) < 4.78 is 0. The highest BCUT2D eigenvalue weighted by Gasteiger charge is 2.10. The highest BCUT2D eigenvalue weighted by Crippen LogP contribution is 2.19. The monoisotopic (exact) mass is 275 g/mol. The van der Waals surface area contributed by atoms with Crippen LogP contribution in [0, 0.1) is 6.92 Å². The highest BCUT2D eigenvalue weighted by atomic mass is 16.1. The molecule has 0 atom stereocenters. The van der Waals surface area contributed by atoms with Crippen LogP contribution in [0.5, 0.6) is 0 Å². The number of nitrogens with zero attached hydrogens (tertiary/aromatic N) is 1. The first-order chi connectivity index (χ1) is 10.2. The van der Waals surface area contributed by atoms with Gasteiger partial charge < -0.3 is 0 Å². The molecule has 0 aliphatic heterocycles. The van der Waals surface area contributed by atoms with Crippen LogP contribution in [-0.2, 0) is 6.42 Å². The SMILES string of the molecule is Cc1ccc(CCC(=O)c2cncc3ccccc23)cc1. The van der Waals surface area contributed by atoms with Gasteiger partial charge in [-0.3, -0.25) is 9.78 Å². The van der Waals surface area contributed by atoms with Crippen molar-refractivity contribution in [2.45, 2.75) is 19.8 Å². The Bertz CT molecular complexity index is 770. The average molecular weight is 275 g/mol. The fourth-order valence-corrected chi connectivity index (χ4v) is 2.49. The van der Waals surface area contributed by atoms with Crippen molar-refractivity contribution in [1.82, 2.24) is 4.98 Å². The zero-order chi connectivity index (χ0) is 14.7. The van der Waals surface area contributed by atoms with E-state index in [0.717, 1.165) is 22.8 Å². The molecule has 0 amide bonds. The summed E-state index contributed by atoms with van der Waals surface area (Å²) in [5.74, 6) is 0.153. The number of ketones is 1. The molecule has 21 heavy (non-hydrogen) atoms. The van der Waals surface area contributed by atoms with Crippen LogP contribution in [0.3, 0.4) is 0 Å². The lowest BCUT2D eigenvalue weighted by Crippen LogP contribution is -2.03. The third-order valence-corrected chi connectivity index (χ3v) is 3.73. The Morgan fingerprint density at radius 3 is 2.57 bits per heavy atom. The van der Waals surface area contributed by atoms with Crippen LogP contribution in [0.4, 0.5) is 0 Å². The number of pyridine rings is 1. The van der Waals surface area contributed by atoms with Crippen LogP contribution < -0.4 is 0 Å². The predicted molar refractivity (Wildman–Crippen MR) is 85.6 cm³/mol. The Labute approximate surface area is 124 Å². The number of rotatable bonds is 4. The molecule has 0 N–H and O–H groups in total. The van der Waals surface area contributed by atoms with Crippen molar-refractivity contribution >= 4 is 16.6 Å². The van der Waals surface area contributed by atoms with Crippen molar-refractivity contribution in [2.24, 2.45) is 0 Å². The van der Waals surface area contributed by atoms with Gasteiger partial charge in [0.15, 0.2) is 5.78 Å². The fourth-order valence-electron chi connectivity index (χ4n) is 2.49. The molecule has 0 bridgehead atoms. The normalized spacial score (nSPS) is 10.7. The van der Waals surface area contributed by atoms with Gasteiger partial charge in [-0.2, -0.15) is 0 Å². The van der Waals surface area contributed by atoms with Gasteiger partial charge >= 0.3 is 0 Å². The Morgan fingerprint density at radius 2 is 1.76 bits per heavy atom. The Hall–Kier alpha value is -2.48. The first-order valence-corrected chi connectivity index (χ1v) is 7.15. The number of aryl methyl sites for hydroxylation is 2.